The molecule has 0 spiro atoms. The minimum absolute atomic E-state index is 0.0557. The van der Waals surface area contributed by atoms with Crippen molar-refractivity contribution >= 4 is 4.22 Å². The Hall–Kier alpha value is -0.320. The Labute approximate surface area is 58.4 Å². The summed E-state index contributed by atoms with van der Waals surface area (Å²) in [7, 11) is 0. The Morgan fingerprint density at radius 1 is 1.62 bits per heavy atom. The fourth-order valence-electron chi connectivity index (χ4n) is 0.331. The third-order valence-corrected chi connectivity index (χ3v) is 2.08. The van der Waals surface area contributed by atoms with E-state index in [-0.39, 0.29) is 21.2 Å². The van der Waals surface area contributed by atoms with Crippen LogP contribution in [0.5, 0.6) is 0 Å². The fraction of sp³-hybridized carbons (Fsp3) is 0. The average molecular weight is 221 g/mol. The molecule has 2 nitrogen and oxygen atoms in total. The van der Waals surface area contributed by atoms with Gasteiger partial charge in [-0.25, -0.2) is 0 Å². The molecule has 1 aliphatic heterocycles. The molecule has 0 aromatic carbocycles. The van der Waals surface area contributed by atoms with Crippen molar-refractivity contribution < 1.29 is 21.2 Å². The molecule has 0 aliphatic carbocycles. The van der Waals surface area contributed by atoms with Crippen LogP contribution in [0.2, 0.25) is 0 Å². The summed E-state index contributed by atoms with van der Waals surface area (Å²) >= 11 is 0.0557. The van der Waals surface area contributed by atoms with Crippen molar-refractivity contribution in [3.63, 3.8) is 0 Å². The quantitative estimate of drug-likeness (QED) is 0.449. The van der Waals surface area contributed by atoms with E-state index in [4.69, 9.17) is 5.73 Å². The molecule has 0 aromatic heterocycles. The summed E-state index contributed by atoms with van der Waals surface area (Å²) in [5.74, 6) is 0. The summed E-state index contributed by atoms with van der Waals surface area (Å²) in [4.78, 5) is 3.93. The van der Waals surface area contributed by atoms with Gasteiger partial charge in [0.2, 0.25) is 0 Å². The summed E-state index contributed by atoms with van der Waals surface area (Å²) in [6.45, 7) is 0. The van der Waals surface area contributed by atoms with Crippen LogP contribution in [0.3, 0.4) is 0 Å². The van der Waals surface area contributed by atoms with Gasteiger partial charge in [-0.3, -0.25) is 0 Å². The Balaban J connectivity index is 2.73. The molecular formula is C5H6IN2-. The van der Waals surface area contributed by atoms with Gasteiger partial charge in [-0.05, 0) is 0 Å². The SMILES string of the molecule is NC1=CN=C[I-]C=C1. The van der Waals surface area contributed by atoms with Crippen LogP contribution in [-0.4, -0.2) is 4.22 Å². The second kappa shape index (κ2) is 2.86. The van der Waals surface area contributed by atoms with Crippen LogP contribution in [0.15, 0.2) is 27.0 Å². The zero-order valence-corrected chi connectivity index (χ0v) is 6.37. The van der Waals surface area contributed by atoms with Gasteiger partial charge < -0.3 is 0 Å². The summed E-state index contributed by atoms with van der Waals surface area (Å²) in [6, 6.07) is 0. The second-order valence-corrected chi connectivity index (χ2v) is 3.29. The van der Waals surface area contributed by atoms with Crippen molar-refractivity contribution in [2.75, 3.05) is 0 Å². The Bertz CT molecular complexity index is 158. The van der Waals surface area contributed by atoms with E-state index in [1.54, 1.807) is 6.20 Å². The number of nitrogens with zero attached hydrogens (tertiary/aromatic N) is 1. The van der Waals surface area contributed by atoms with Crippen LogP contribution >= 0.6 is 0 Å². The third-order valence-electron chi connectivity index (χ3n) is 0.664. The first kappa shape index (κ1) is 5.81. The third kappa shape index (κ3) is 1.65. The van der Waals surface area contributed by atoms with E-state index in [2.05, 4.69) is 9.08 Å². The molecule has 0 saturated carbocycles. The van der Waals surface area contributed by atoms with Gasteiger partial charge in [0.25, 0.3) is 0 Å². The van der Waals surface area contributed by atoms with Gasteiger partial charge in [0.05, 0.1) is 0 Å². The van der Waals surface area contributed by atoms with E-state index in [1.165, 1.54) is 0 Å². The van der Waals surface area contributed by atoms with E-state index >= 15 is 0 Å². The first-order valence-electron chi connectivity index (χ1n) is 2.15. The molecule has 0 bridgehead atoms. The number of nitrogens with two attached hydrogens (primary N) is 1. The molecular weight excluding hydrogens is 215 g/mol. The van der Waals surface area contributed by atoms with Gasteiger partial charge in [-0.2, -0.15) is 0 Å². The number of allylic oxidation sites excluding steroid dienone is 1. The standard InChI is InChI=1S/C5H6IN2/c7-5-1-2-6-4-8-3-5/h1-4H,7H2/q-1. The van der Waals surface area contributed by atoms with Crippen molar-refractivity contribution in [3.05, 3.63) is 22.1 Å². The topological polar surface area (TPSA) is 38.4 Å². The van der Waals surface area contributed by atoms with Crippen molar-refractivity contribution in [3.8, 4) is 0 Å². The van der Waals surface area contributed by atoms with E-state index in [9.17, 15) is 0 Å². The normalized spacial score (nSPS) is 18.8. The Kier molecular flexibility index (Phi) is 2.08. The first-order chi connectivity index (χ1) is 3.89. The molecule has 1 heterocycles. The van der Waals surface area contributed by atoms with E-state index in [1.807, 2.05) is 10.3 Å². The molecule has 0 saturated heterocycles. The van der Waals surface area contributed by atoms with Crippen LogP contribution in [-0.2, 0) is 0 Å². The first-order valence-corrected chi connectivity index (χ1v) is 4.64. The fourth-order valence-corrected chi connectivity index (χ4v) is 1.49. The number of hydrogen-bond acceptors (Lipinski definition) is 2. The maximum absolute atomic E-state index is 5.41. The van der Waals surface area contributed by atoms with Crippen molar-refractivity contribution in [2.45, 2.75) is 0 Å². The molecule has 3 heteroatoms. The molecule has 0 unspecified atom stereocenters. The number of halogens is 1. The van der Waals surface area contributed by atoms with Crippen molar-refractivity contribution in [1.29, 1.82) is 0 Å². The summed E-state index contributed by atoms with van der Waals surface area (Å²) in [6.07, 6.45) is 3.57. The van der Waals surface area contributed by atoms with Gasteiger partial charge in [-0.1, -0.05) is 0 Å². The summed E-state index contributed by atoms with van der Waals surface area (Å²) in [5.41, 5.74) is 6.16. The van der Waals surface area contributed by atoms with Gasteiger partial charge in [0.15, 0.2) is 0 Å². The maximum atomic E-state index is 5.41. The molecule has 1 aliphatic rings. The van der Waals surface area contributed by atoms with E-state index in [0.29, 0.717) is 0 Å². The molecule has 44 valence electrons. The molecule has 1 rings (SSSR count). The zero-order valence-electron chi connectivity index (χ0n) is 4.21. The van der Waals surface area contributed by atoms with Crippen molar-refractivity contribution in [1.82, 2.24) is 0 Å². The van der Waals surface area contributed by atoms with Crippen LogP contribution in [0.25, 0.3) is 0 Å². The van der Waals surface area contributed by atoms with E-state index in [0.717, 1.165) is 5.70 Å². The second-order valence-electron chi connectivity index (χ2n) is 1.29. The predicted octanol–water partition coefficient (Wildman–Crippen LogP) is -2.57. The van der Waals surface area contributed by atoms with E-state index < -0.39 is 0 Å². The van der Waals surface area contributed by atoms with Gasteiger partial charge in [0, 0.05) is 0 Å². The van der Waals surface area contributed by atoms with Crippen LogP contribution in [0, 0.1) is 0 Å². The Morgan fingerprint density at radius 2 is 2.50 bits per heavy atom. The molecule has 0 aromatic rings. The van der Waals surface area contributed by atoms with Crippen LogP contribution in [0.4, 0.5) is 0 Å². The number of aliphatic imine (C=N–C) groups is 1. The zero-order chi connectivity index (χ0) is 5.82. The minimum atomic E-state index is 0.0557. The molecule has 2 N–H and O–H groups in total. The molecule has 0 amide bonds. The molecule has 8 heavy (non-hydrogen) atoms. The Morgan fingerprint density at radius 3 is 3.38 bits per heavy atom. The predicted molar refractivity (Wildman–Crippen MR) is 29.9 cm³/mol. The number of rotatable bonds is 0. The van der Waals surface area contributed by atoms with Crippen molar-refractivity contribution in [2.24, 2.45) is 10.7 Å². The molecule has 0 radical (unpaired) electrons. The average Bonchev–Trinajstić information content (AvgIpc) is 1.94. The number of hydrogen-bond donors (Lipinski definition) is 1. The monoisotopic (exact) mass is 221 g/mol. The van der Waals surface area contributed by atoms with Crippen LogP contribution in [0.1, 0.15) is 0 Å². The van der Waals surface area contributed by atoms with Gasteiger partial charge in [-0.15, -0.1) is 0 Å². The summed E-state index contributed by atoms with van der Waals surface area (Å²) < 4.78 is 4.01. The van der Waals surface area contributed by atoms with Gasteiger partial charge >= 0.3 is 58.2 Å². The molecule has 0 atom stereocenters. The van der Waals surface area contributed by atoms with Gasteiger partial charge in [0.1, 0.15) is 0 Å². The molecule has 0 fully saturated rings. The van der Waals surface area contributed by atoms with Crippen LogP contribution < -0.4 is 26.9 Å². The summed E-state index contributed by atoms with van der Waals surface area (Å²) in [5, 5.41) is 0.